The van der Waals surface area contributed by atoms with Gasteiger partial charge in [0, 0.05) is 5.75 Å². The summed E-state index contributed by atoms with van der Waals surface area (Å²) < 4.78 is 29.8. The van der Waals surface area contributed by atoms with E-state index < -0.39 is 15.6 Å². The quantitative estimate of drug-likeness (QED) is 0.261. The number of allylic oxidation sites excluding steroid dienone is 2. The van der Waals surface area contributed by atoms with Crippen molar-refractivity contribution in [2.75, 3.05) is 18.1 Å². The third kappa shape index (κ3) is 15.4. The lowest BCUT2D eigenvalue weighted by Crippen LogP contribution is -1.94. The molecular weight excluding hydrogens is 362 g/mol. The molecule has 0 saturated carbocycles. The summed E-state index contributed by atoms with van der Waals surface area (Å²) in [6.45, 7) is 5.84. The molecule has 7 nitrogen and oxygen atoms in total. The molecule has 0 heterocycles. The zero-order valence-corrected chi connectivity index (χ0v) is 16.3. The third-order valence-corrected chi connectivity index (χ3v) is 6.10. The summed E-state index contributed by atoms with van der Waals surface area (Å²) in [6, 6.07) is 0. The van der Waals surface area contributed by atoms with E-state index in [-0.39, 0.29) is 6.61 Å². The van der Waals surface area contributed by atoms with Crippen LogP contribution < -0.4 is 0 Å². The third-order valence-electron chi connectivity index (χ3n) is 2.59. The predicted molar refractivity (Wildman–Crippen MR) is 93.3 cm³/mol. The zero-order valence-electron chi connectivity index (χ0n) is 13.7. The normalized spacial score (nSPS) is 16.4. The monoisotopic (exact) mass is 388 g/mol. The average Bonchev–Trinajstić information content (AvgIpc) is 2.35. The van der Waals surface area contributed by atoms with Gasteiger partial charge in [-0.3, -0.25) is 4.52 Å². The minimum Gasteiger partial charge on any atom is -0.302 e. The second-order valence-electron chi connectivity index (χ2n) is 5.03. The van der Waals surface area contributed by atoms with E-state index in [4.69, 9.17) is 14.7 Å². The van der Waals surface area contributed by atoms with Crippen LogP contribution in [0, 0.1) is 0 Å². The van der Waals surface area contributed by atoms with Gasteiger partial charge >= 0.3 is 15.6 Å². The molecule has 23 heavy (non-hydrogen) atoms. The van der Waals surface area contributed by atoms with Crippen molar-refractivity contribution >= 4 is 27.4 Å². The number of rotatable bonds is 12. The van der Waals surface area contributed by atoms with Gasteiger partial charge in [0.25, 0.3) is 0 Å². The number of hydrogen-bond donors (Lipinski definition) is 3. The summed E-state index contributed by atoms with van der Waals surface area (Å²) >= 11 is 1.90. The zero-order chi connectivity index (χ0) is 17.9. The molecule has 0 aliphatic carbocycles. The SMILES string of the molecule is CCCSC/C(C)=C/CC/C(C)=C/COP(=O)(O)OP(=O)(O)O. The molecule has 0 aromatic heterocycles. The maximum Gasteiger partial charge on any atom is 0.481 e. The van der Waals surface area contributed by atoms with E-state index in [2.05, 4.69) is 28.8 Å². The maximum atomic E-state index is 11.2. The van der Waals surface area contributed by atoms with Crippen LogP contribution in [0.2, 0.25) is 0 Å². The Bertz CT molecular complexity index is 499. The molecule has 1 atom stereocenters. The van der Waals surface area contributed by atoms with Gasteiger partial charge in [0.1, 0.15) is 0 Å². The van der Waals surface area contributed by atoms with E-state index in [9.17, 15) is 9.13 Å². The molecule has 0 aromatic rings. The highest BCUT2D eigenvalue weighted by atomic mass is 32.2. The Kier molecular flexibility index (Phi) is 11.7. The first kappa shape index (κ1) is 23.1. The van der Waals surface area contributed by atoms with Gasteiger partial charge in [-0.1, -0.05) is 30.2 Å². The Morgan fingerprint density at radius 3 is 2.35 bits per heavy atom. The van der Waals surface area contributed by atoms with Crippen LogP contribution in [0.15, 0.2) is 23.3 Å². The molecule has 0 aliphatic heterocycles. The summed E-state index contributed by atoms with van der Waals surface area (Å²) in [5.41, 5.74) is 2.27. The van der Waals surface area contributed by atoms with Crippen LogP contribution in [0.25, 0.3) is 0 Å². The second kappa shape index (κ2) is 11.6. The molecule has 0 aliphatic rings. The molecule has 0 rings (SSSR count). The molecule has 0 aromatic carbocycles. The number of thioether (sulfide) groups is 1. The highest BCUT2D eigenvalue weighted by molar-refractivity contribution is 7.99. The van der Waals surface area contributed by atoms with Gasteiger partial charge in [0.15, 0.2) is 0 Å². The van der Waals surface area contributed by atoms with E-state index in [1.165, 1.54) is 12.0 Å². The highest BCUT2D eigenvalue weighted by Gasteiger charge is 2.31. The van der Waals surface area contributed by atoms with E-state index in [1.54, 1.807) is 6.08 Å². The minimum atomic E-state index is -5.06. The van der Waals surface area contributed by atoms with Crippen LogP contribution in [-0.4, -0.2) is 32.8 Å². The summed E-state index contributed by atoms with van der Waals surface area (Å²) in [5.74, 6) is 2.17. The van der Waals surface area contributed by atoms with Gasteiger partial charge < -0.3 is 14.7 Å². The van der Waals surface area contributed by atoms with Crippen molar-refractivity contribution in [2.24, 2.45) is 0 Å². The lowest BCUT2D eigenvalue weighted by molar-refractivity contribution is 0.191. The van der Waals surface area contributed by atoms with Crippen molar-refractivity contribution in [2.45, 2.75) is 40.0 Å². The molecule has 0 bridgehead atoms. The van der Waals surface area contributed by atoms with Gasteiger partial charge in [0.2, 0.25) is 0 Å². The molecule has 1 unspecified atom stereocenters. The van der Waals surface area contributed by atoms with Crippen LogP contribution in [0.1, 0.15) is 40.0 Å². The molecule has 0 fully saturated rings. The van der Waals surface area contributed by atoms with Crippen LogP contribution in [0.5, 0.6) is 0 Å². The molecular formula is C13H26O7P2S. The fourth-order valence-corrected chi connectivity index (χ4v) is 3.92. The predicted octanol–water partition coefficient (Wildman–Crippen LogP) is 4.03. The number of hydrogen-bond acceptors (Lipinski definition) is 5. The van der Waals surface area contributed by atoms with Crippen molar-refractivity contribution in [3.8, 4) is 0 Å². The van der Waals surface area contributed by atoms with Crippen molar-refractivity contribution in [1.82, 2.24) is 0 Å². The van der Waals surface area contributed by atoms with Crippen LogP contribution >= 0.6 is 27.4 Å². The molecule has 0 radical (unpaired) electrons. The van der Waals surface area contributed by atoms with Gasteiger partial charge in [-0.15, -0.1) is 0 Å². The van der Waals surface area contributed by atoms with E-state index >= 15 is 0 Å². The summed E-state index contributed by atoms with van der Waals surface area (Å²) in [5, 5.41) is 0. The lowest BCUT2D eigenvalue weighted by atomic mass is 10.1. The fourth-order valence-electron chi connectivity index (χ4n) is 1.52. The molecule has 0 saturated heterocycles. The van der Waals surface area contributed by atoms with Crippen LogP contribution in [-0.2, 0) is 18.0 Å². The largest absolute Gasteiger partial charge is 0.481 e. The van der Waals surface area contributed by atoms with Gasteiger partial charge in [-0.25, -0.2) is 9.13 Å². The molecule has 0 amide bonds. The average molecular weight is 388 g/mol. The Labute approximate surface area is 142 Å². The first-order chi connectivity index (χ1) is 10.6. The Morgan fingerprint density at radius 2 is 1.78 bits per heavy atom. The summed E-state index contributed by atoms with van der Waals surface area (Å²) in [7, 11) is -9.81. The lowest BCUT2D eigenvalue weighted by Gasteiger charge is -2.11. The number of phosphoric acid groups is 2. The van der Waals surface area contributed by atoms with Gasteiger partial charge in [-0.05, 0) is 38.9 Å². The molecule has 136 valence electrons. The van der Waals surface area contributed by atoms with E-state index in [0.717, 1.165) is 29.9 Å². The summed E-state index contributed by atoms with van der Waals surface area (Å²) in [4.78, 5) is 26.0. The second-order valence-corrected chi connectivity index (χ2v) is 8.96. The molecule has 10 heteroatoms. The first-order valence-electron chi connectivity index (χ1n) is 7.19. The topological polar surface area (TPSA) is 113 Å². The maximum absolute atomic E-state index is 11.2. The molecule has 0 spiro atoms. The van der Waals surface area contributed by atoms with E-state index in [0.29, 0.717) is 0 Å². The van der Waals surface area contributed by atoms with E-state index in [1.807, 2.05) is 18.7 Å². The van der Waals surface area contributed by atoms with Crippen molar-refractivity contribution < 1.29 is 32.6 Å². The van der Waals surface area contributed by atoms with Crippen LogP contribution in [0.3, 0.4) is 0 Å². The first-order valence-corrected chi connectivity index (χ1v) is 11.4. The van der Waals surface area contributed by atoms with Crippen molar-refractivity contribution in [3.63, 3.8) is 0 Å². The summed E-state index contributed by atoms with van der Waals surface area (Å²) in [6.07, 6.45) is 6.54. The standard InChI is InChI=1S/C13H26O7P2S/c1-4-10-23-11-13(3)7-5-6-12(2)8-9-19-22(17,18)20-21(14,15)16/h7-8H,4-6,9-11H2,1-3H3,(H,17,18)(H2,14,15,16)/b12-8+,13-7+. The van der Waals surface area contributed by atoms with Crippen LogP contribution in [0.4, 0.5) is 0 Å². The fraction of sp³-hybridized carbons (Fsp3) is 0.692. The smallest absolute Gasteiger partial charge is 0.302 e. The van der Waals surface area contributed by atoms with Crippen molar-refractivity contribution in [3.05, 3.63) is 23.3 Å². The molecule has 3 N–H and O–H groups in total. The number of phosphoric ester groups is 1. The highest BCUT2D eigenvalue weighted by Crippen LogP contribution is 2.57. The van der Waals surface area contributed by atoms with Crippen molar-refractivity contribution in [1.29, 1.82) is 0 Å². The van der Waals surface area contributed by atoms with Gasteiger partial charge in [0.05, 0.1) is 6.61 Å². The Hall–Kier alpha value is 0.0900. The van der Waals surface area contributed by atoms with Gasteiger partial charge in [-0.2, -0.15) is 16.1 Å². The Morgan fingerprint density at radius 1 is 1.13 bits per heavy atom. The minimum absolute atomic E-state index is 0.255. The Balaban J connectivity index is 4.10.